The topological polar surface area (TPSA) is 66.4 Å². The first-order valence-corrected chi connectivity index (χ1v) is 6.31. The third kappa shape index (κ3) is 2.21. The fourth-order valence-electron chi connectivity index (χ4n) is 2.39. The smallest absolute Gasteiger partial charge is 0.280 e. The minimum atomic E-state index is -0.952. The van der Waals surface area contributed by atoms with Crippen molar-refractivity contribution in [2.75, 3.05) is 33.0 Å². The number of aliphatic hydroxyl groups is 1. The lowest BCUT2D eigenvalue weighted by atomic mass is 10.2. The summed E-state index contributed by atoms with van der Waals surface area (Å²) in [6.07, 6.45) is 3.94. The van der Waals surface area contributed by atoms with E-state index in [2.05, 4.69) is 0 Å². The van der Waals surface area contributed by atoms with Crippen molar-refractivity contribution in [2.45, 2.75) is 30.8 Å². The molecule has 0 aromatic rings. The highest BCUT2D eigenvalue weighted by Gasteiger charge is 2.45. The highest BCUT2D eigenvalue weighted by atomic mass is 16.8. The summed E-state index contributed by atoms with van der Waals surface area (Å²) in [4.78, 5) is 0. The molecule has 2 fully saturated rings. The Morgan fingerprint density at radius 1 is 1.28 bits per heavy atom. The van der Waals surface area contributed by atoms with Crippen LogP contribution in [-0.2, 0) is 23.7 Å². The number of hydrogen-bond acceptors (Lipinski definition) is 6. The van der Waals surface area contributed by atoms with Crippen LogP contribution in [0.5, 0.6) is 0 Å². The second-order valence-electron chi connectivity index (χ2n) is 4.76. The molecule has 1 N–H and O–H groups in total. The fourth-order valence-corrected chi connectivity index (χ4v) is 2.39. The van der Waals surface area contributed by atoms with Gasteiger partial charge in [-0.2, -0.15) is 0 Å². The molecule has 2 unspecified atom stereocenters. The van der Waals surface area contributed by atoms with Crippen LogP contribution in [0.25, 0.3) is 0 Å². The van der Waals surface area contributed by atoms with Crippen LogP contribution in [0.2, 0.25) is 0 Å². The molecule has 3 aliphatic heterocycles. The standard InChI is InChI=1S/C12H18O6/c13-8-11(3-1-5-15-11)17-10-2-4-12(18-10)9-14-6-7-16-12/h2,13H,1,3-9H2. The molecule has 0 aliphatic carbocycles. The van der Waals surface area contributed by atoms with Gasteiger partial charge in [0.15, 0.2) is 0 Å². The number of hydrogen-bond donors (Lipinski definition) is 1. The van der Waals surface area contributed by atoms with Gasteiger partial charge in [0.2, 0.25) is 11.6 Å². The first kappa shape index (κ1) is 12.2. The first-order valence-electron chi connectivity index (χ1n) is 6.31. The van der Waals surface area contributed by atoms with E-state index in [0.29, 0.717) is 45.2 Å². The molecule has 6 nitrogen and oxygen atoms in total. The molecule has 2 atom stereocenters. The number of ether oxygens (including phenoxy) is 5. The van der Waals surface area contributed by atoms with E-state index < -0.39 is 11.6 Å². The Labute approximate surface area is 105 Å². The zero-order valence-electron chi connectivity index (χ0n) is 10.2. The summed E-state index contributed by atoms with van der Waals surface area (Å²) >= 11 is 0. The zero-order chi connectivity index (χ0) is 12.5. The van der Waals surface area contributed by atoms with Gasteiger partial charge in [0, 0.05) is 18.9 Å². The van der Waals surface area contributed by atoms with Gasteiger partial charge < -0.3 is 28.8 Å². The van der Waals surface area contributed by atoms with Crippen LogP contribution in [0, 0.1) is 0 Å². The van der Waals surface area contributed by atoms with E-state index >= 15 is 0 Å². The lowest BCUT2D eigenvalue weighted by Gasteiger charge is -2.34. The van der Waals surface area contributed by atoms with E-state index in [4.69, 9.17) is 23.7 Å². The quantitative estimate of drug-likeness (QED) is 0.795. The molecule has 0 saturated carbocycles. The molecule has 0 aromatic heterocycles. The molecule has 0 bridgehead atoms. The van der Waals surface area contributed by atoms with E-state index in [-0.39, 0.29) is 6.61 Å². The first-order chi connectivity index (χ1) is 8.76. The molecule has 1 spiro atoms. The van der Waals surface area contributed by atoms with Crippen LogP contribution < -0.4 is 0 Å². The van der Waals surface area contributed by atoms with E-state index in [1.54, 1.807) is 0 Å². The number of aliphatic hydroxyl groups excluding tert-OH is 1. The van der Waals surface area contributed by atoms with Gasteiger partial charge in [-0.15, -0.1) is 0 Å². The van der Waals surface area contributed by atoms with E-state index in [1.807, 2.05) is 6.08 Å². The highest BCUT2D eigenvalue weighted by Crippen LogP contribution is 2.37. The third-order valence-electron chi connectivity index (χ3n) is 3.38. The second-order valence-corrected chi connectivity index (χ2v) is 4.76. The Morgan fingerprint density at radius 2 is 2.22 bits per heavy atom. The van der Waals surface area contributed by atoms with Crippen LogP contribution in [0.3, 0.4) is 0 Å². The molecule has 102 valence electrons. The molecule has 0 aromatic carbocycles. The Bertz CT molecular complexity index is 327. The van der Waals surface area contributed by atoms with Gasteiger partial charge in [-0.05, 0) is 6.42 Å². The Kier molecular flexibility index (Phi) is 3.19. The minimum absolute atomic E-state index is 0.182. The monoisotopic (exact) mass is 258 g/mol. The molecule has 18 heavy (non-hydrogen) atoms. The largest absolute Gasteiger partial charge is 0.430 e. The van der Waals surface area contributed by atoms with Crippen molar-refractivity contribution in [3.05, 3.63) is 12.0 Å². The van der Waals surface area contributed by atoms with Crippen molar-refractivity contribution in [3.63, 3.8) is 0 Å². The minimum Gasteiger partial charge on any atom is -0.430 e. The van der Waals surface area contributed by atoms with Gasteiger partial charge >= 0.3 is 0 Å². The van der Waals surface area contributed by atoms with Gasteiger partial charge in [0.05, 0.1) is 19.8 Å². The van der Waals surface area contributed by atoms with Gasteiger partial charge in [-0.25, -0.2) is 0 Å². The van der Waals surface area contributed by atoms with Gasteiger partial charge in [0.1, 0.15) is 13.2 Å². The molecular weight excluding hydrogens is 240 g/mol. The molecule has 3 heterocycles. The Morgan fingerprint density at radius 3 is 2.89 bits per heavy atom. The number of rotatable bonds is 3. The maximum Gasteiger partial charge on any atom is 0.280 e. The third-order valence-corrected chi connectivity index (χ3v) is 3.38. The molecular formula is C12H18O6. The van der Waals surface area contributed by atoms with Gasteiger partial charge in [-0.1, -0.05) is 0 Å². The lowest BCUT2D eigenvalue weighted by Crippen LogP contribution is -2.43. The highest BCUT2D eigenvalue weighted by molar-refractivity contribution is 5.01. The van der Waals surface area contributed by atoms with Crippen molar-refractivity contribution in [3.8, 4) is 0 Å². The Balaban J connectivity index is 1.61. The maximum atomic E-state index is 9.39. The van der Waals surface area contributed by atoms with Crippen molar-refractivity contribution >= 4 is 0 Å². The van der Waals surface area contributed by atoms with Crippen molar-refractivity contribution in [2.24, 2.45) is 0 Å². The average Bonchev–Trinajstić information content (AvgIpc) is 3.00. The van der Waals surface area contributed by atoms with Crippen molar-refractivity contribution in [1.82, 2.24) is 0 Å². The van der Waals surface area contributed by atoms with Crippen LogP contribution in [0.1, 0.15) is 19.3 Å². The molecule has 0 amide bonds. The average molecular weight is 258 g/mol. The molecule has 6 heteroatoms. The van der Waals surface area contributed by atoms with Crippen molar-refractivity contribution < 1.29 is 28.8 Å². The summed E-state index contributed by atoms with van der Waals surface area (Å²) in [5, 5.41) is 9.39. The normalized spacial score (nSPS) is 39.7. The zero-order valence-corrected chi connectivity index (χ0v) is 10.2. The van der Waals surface area contributed by atoms with Crippen LogP contribution in [-0.4, -0.2) is 49.7 Å². The van der Waals surface area contributed by atoms with Gasteiger partial charge in [0.25, 0.3) is 5.95 Å². The predicted octanol–water partition coefficient (Wildman–Crippen LogP) is 0.507. The van der Waals surface area contributed by atoms with Crippen LogP contribution in [0.4, 0.5) is 0 Å². The summed E-state index contributed by atoms with van der Waals surface area (Å²) in [7, 11) is 0. The van der Waals surface area contributed by atoms with E-state index in [0.717, 1.165) is 6.42 Å². The summed E-state index contributed by atoms with van der Waals surface area (Å²) in [6.45, 7) is 1.91. The van der Waals surface area contributed by atoms with E-state index in [1.165, 1.54) is 0 Å². The Hall–Kier alpha value is -0.820. The molecule has 3 aliphatic rings. The summed E-state index contributed by atoms with van der Waals surface area (Å²) < 4.78 is 27.8. The molecule has 3 rings (SSSR count). The van der Waals surface area contributed by atoms with Crippen molar-refractivity contribution in [1.29, 1.82) is 0 Å². The van der Waals surface area contributed by atoms with Crippen LogP contribution >= 0.6 is 0 Å². The fraction of sp³-hybridized carbons (Fsp3) is 0.833. The summed E-state index contributed by atoms with van der Waals surface area (Å²) in [5.74, 6) is -1.34. The lowest BCUT2D eigenvalue weighted by molar-refractivity contribution is -0.302. The molecule has 0 radical (unpaired) electrons. The van der Waals surface area contributed by atoms with E-state index in [9.17, 15) is 5.11 Å². The SMILES string of the molecule is OCC1(OC2=CCC3(COCCO3)O2)CCCO1. The summed E-state index contributed by atoms with van der Waals surface area (Å²) in [6, 6.07) is 0. The predicted molar refractivity (Wildman–Crippen MR) is 59.4 cm³/mol. The summed E-state index contributed by atoms with van der Waals surface area (Å²) in [5.41, 5.74) is 0. The maximum absolute atomic E-state index is 9.39. The van der Waals surface area contributed by atoms with Gasteiger partial charge in [-0.3, -0.25) is 0 Å². The molecule has 2 saturated heterocycles. The van der Waals surface area contributed by atoms with Crippen LogP contribution in [0.15, 0.2) is 12.0 Å². The second kappa shape index (κ2) is 4.70.